The molecule has 1 aliphatic heterocycles. The number of anilines is 4. The molecule has 4 aromatic carbocycles. The van der Waals surface area contributed by atoms with Crippen LogP contribution in [0.3, 0.4) is 0 Å². The molecule has 0 bridgehead atoms. The van der Waals surface area contributed by atoms with E-state index in [1.165, 1.54) is 23.9 Å². The Bertz CT molecular complexity index is 1540. The molecule has 4 aromatic rings. The van der Waals surface area contributed by atoms with E-state index in [1.807, 2.05) is 30.3 Å². The highest BCUT2D eigenvalue weighted by molar-refractivity contribution is 7.99. The van der Waals surface area contributed by atoms with Crippen LogP contribution in [0.15, 0.2) is 88.7 Å². The van der Waals surface area contributed by atoms with Crippen molar-refractivity contribution in [1.82, 2.24) is 0 Å². The van der Waals surface area contributed by atoms with Crippen LogP contribution in [0, 0.1) is 10.1 Å². The molecule has 10 heteroatoms. The zero-order valence-corrected chi connectivity index (χ0v) is 19.5. The van der Waals surface area contributed by atoms with Gasteiger partial charge in [-0.15, -0.1) is 0 Å². The summed E-state index contributed by atoms with van der Waals surface area (Å²) in [5.74, 6) is -1.06. The zero-order chi connectivity index (χ0) is 25.4. The van der Waals surface area contributed by atoms with Gasteiger partial charge in [0.25, 0.3) is 5.69 Å². The number of nitrogens with two attached hydrogens (primary N) is 2. The van der Waals surface area contributed by atoms with Gasteiger partial charge in [0, 0.05) is 50.0 Å². The fourth-order valence-electron chi connectivity index (χ4n) is 3.97. The molecular formula is C26H19N5O4S. The van der Waals surface area contributed by atoms with Gasteiger partial charge >= 0.3 is 0 Å². The number of hydrogen-bond acceptors (Lipinski definition) is 7. The number of rotatable bonds is 6. The van der Waals surface area contributed by atoms with Crippen molar-refractivity contribution in [2.45, 2.75) is 9.79 Å². The lowest BCUT2D eigenvalue weighted by molar-refractivity contribution is -0.384. The Hall–Kier alpha value is -4.83. The highest BCUT2D eigenvalue weighted by Gasteiger charge is 2.24. The van der Waals surface area contributed by atoms with Crippen molar-refractivity contribution < 1.29 is 14.5 Å². The predicted molar refractivity (Wildman–Crippen MR) is 139 cm³/mol. The fraction of sp³-hybridized carbons (Fsp3) is 0. The second-order valence-electron chi connectivity index (χ2n) is 8.03. The first-order valence-electron chi connectivity index (χ1n) is 10.8. The molecule has 0 aromatic heterocycles. The third-order valence-corrected chi connectivity index (χ3v) is 6.84. The summed E-state index contributed by atoms with van der Waals surface area (Å²) in [7, 11) is 0. The summed E-state index contributed by atoms with van der Waals surface area (Å²) in [4.78, 5) is 36.0. The number of hydrogen-bond donors (Lipinski definition) is 4. The van der Waals surface area contributed by atoms with Gasteiger partial charge in [0.2, 0.25) is 11.8 Å². The molecule has 0 saturated heterocycles. The Morgan fingerprint density at radius 1 is 0.833 bits per heavy atom. The molecule has 0 saturated carbocycles. The molecule has 0 atom stereocenters. The van der Waals surface area contributed by atoms with Crippen LogP contribution in [0.1, 0.15) is 20.7 Å². The minimum absolute atomic E-state index is 0.0153. The third kappa shape index (κ3) is 4.32. The van der Waals surface area contributed by atoms with Crippen molar-refractivity contribution in [2.75, 3.05) is 10.6 Å². The van der Waals surface area contributed by atoms with Crippen LogP contribution in [0.25, 0.3) is 11.1 Å². The maximum absolute atomic E-state index is 12.3. The average molecular weight is 498 g/mol. The Morgan fingerprint density at radius 3 is 2.11 bits per heavy atom. The van der Waals surface area contributed by atoms with Gasteiger partial charge in [-0.3, -0.25) is 19.7 Å². The number of nitrogens with one attached hydrogen (secondary N) is 2. The first-order valence-corrected chi connectivity index (χ1v) is 11.6. The van der Waals surface area contributed by atoms with E-state index in [2.05, 4.69) is 10.6 Å². The summed E-state index contributed by atoms with van der Waals surface area (Å²) < 4.78 is 0. The van der Waals surface area contributed by atoms with Gasteiger partial charge < -0.3 is 22.1 Å². The van der Waals surface area contributed by atoms with Crippen molar-refractivity contribution in [3.8, 4) is 11.1 Å². The number of benzene rings is 4. The number of nitrogens with zero attached hydrogens (tertiary/aromatic N) is 1. The van der Waals surface area contributed by atoms with E-state index in [1.54, 1.807) is 36.4 Å². The fourth-order valence-corrected chi connectivity index (χ4v) is 5.01. The SMILES string of the molecule is NC(=O)c1ccc2c(c1)Sc1ccc(C(N)=O)c(-c3ccc(Nc4ccc([N+](=O)[O-])cc4)cc3)c1N2. The molecule has 6 N–H and O–H groups in total. The molecule has 1 aliphatic rings. The zero-order valence-electron chi connectivity index (χ0n) is 18.6. The van der Waals surface area contributed by atoms with Gasteiger partial charge in [0.05, 0.1) is 16.3 Å². The molecule has 36 heavy (non-hydrogen) atoms. The molecule has 0 unspecified atom stereocenters. The molecule has 9 nitrogen and oxygen atoms in total. The molecule has 0 fully saturated rings. The smallest absolute Gasteiger partial charge is 0.269 e. The van der Waals surface area contributed by atoms with Gasteiger partial charge in [-0.2, -0.15) is 0 Å². The molecular weight excluding hydrogens is 478 g/mol. The number of carbonyl (C=O) groups is 2. The van der Waals surface area contributed by atoms with E-state index in [9.17, 15) is 19.7 Å². The Morgan fingerprint density at radius 2 is 1.50 bits per heavy atom. The average Bonchev–Trinajstić information content (AvgIpc) is 2.87. The van der Waals surface area contributed by atoms with Crippen LogP contribution in [-0.4, -0.2) is 16.7 Å². The summed E-state index contributed by atoms with van der Waals surface area (Å²) >= 11 is 1.47. The van der Waals surface area contributed by atoms with E-state index < -0.39 is 16.7 Å². The maximum Gasteiger partial charge on any atom is 0.269 e. The van der Waals surface area contributed by atoms with E-state index in [-0.39, 0.29) is 5.69 Å². The number of carbonyl (C=O) groups excluding carboxylic acids is 2. The number of nitro benzene ring substituents is 1. The van der Waals surface area contributed by atoms with E-state index >= 15 is 0 Å². The molecule has 178 valence electrons. The summed E-state index contributed by atoms with van der Waals surface area (Å²) in [6.45, 7) is 0. The van der Waals surface area contributed by atoms with Crippen LogP contribution in [-0.2, 0) is 0 Å². The van der Waals surface area contributed by atoms with Crippen molar-refractivity contribution in [3.05, 3.63) is 100 Å². The van der Waals surface area contributed by atoms with Crippen LogP contribution in [0.2, 0.25) is 0 Å². The van der Waals surface area contributed by atoms with Gasteiger partial charge in [-0.05, 0) is 60.2 Å². The lowest BCUT2D eigenvalue weighted by atomic mass is 9.96. The highest BCUT2D eigenvalue weighted by Crippen LogP contribution is 2.49. The molecule has 5 rings (SSSR count). The standard InChI is InChI=1S/C26H19N5O4S/c27-25(32)15-3-11-20-22(13-15)36-21-12-10-19(26(28)33)23(24(21)30-20)14-1-4-16(5-2-14)29-17-6-8-18(9-7-17)31(34)35/h1-13,29-30H,(H2,27,32)(H2,28,33). The van der Waals surface area contributed by atoms with Gasteiger partial charge in [0.1, 0.15) is 0 Å². The largest absolute Gasteiger partial charge is 0.366 e. The number of amides is 2. The maximum atomic E-state index is 12.3. The molecule has 2 amide bonds. The third-order valence-electron chi connectivity index (χ3n) is 5.72. The monoisotopic (exact) mass is 497 g/mol. The van der Waals surface area contributed by atoms with Gasteiger partial charge in [-0.1, -0.05) is 23.9 Å². The summed E-state index contributed by atoms with van der Waals surface area (Å²) in [5.41, 5.74) is 16.4. The van der Waals surface area contributed by atoms with Crippen molar-refractivity contribution >= 4 is 52.0 Å². The quantitative estimate of drug-likeness (QED) is 0.181. The number of fused-ring (bicyclic) bond motifs is 2. The molecule has 0 aliphatic carbocycles. The van der Waals surface area contributed by atoms with Crippen LogP contribution in [0.4, 0.5) is 28.4 Å². The second kappa shape index (κ2) is 9.08. The van der Waals surface area contributed by atoms with Crippen LogP contribution in [0.5, 0.6) is 0 Å². The second-order valence-corrected chi connectivity index (χ2v) is 9.12. The lowest BCUT2D eigenvalue weighted by Gasteiger charge is -2.25. The number of nitro groups is 1. The summed E-state index contributed by atoms with van der Waals surface area (Å²) in [5, 5.41) is 17.4. The van der Waals surface area contributed by atoms with Gasteiger partial charge in [0.15, 0.2) is 0 Å². The predicted octanol–water partition coefficient (Wildman–Crippen LogP) is 5.41. The van der Waals surface area contributed by atoms with Crippen molar-refractivity contribution in [1.29, 1.82) is 0 Å². The van der Waals surface area contributed by atoms with E-state index in [0.717, 1.165) is 32.4 Å². The van der Waals surface area contributed by atoms with Crippen LogP contribution < -0.4 is 22.1 Å². The minimum atomic E-state index is -0.553. The Labute approximate surface area is 209 Å². The van der Waals surface area contributed by atoms with Gasteiger partial charge in [-0.25, -0.2) is 0 Å². The minimum Gasteiger partial charge on any atom is -0.366 e. The lowest BCUT2D eigenvalue weighted by Crippen LogP contribution is -2.15. The first-order chi connectivity index (χ1) is 17.3. The van der Waals surface area contributed by atoms with Crippen molar-refractivity contribution in [2.24, 2.45) is 11.5 Å². The van der Waals surface area contributed by atoms with E-state index in [0.29, 0.717) is 22.4 Å². The molecule has 0 radical (unpaired) electrons. The summed E-state index contributed by atoms with van der Waals surface area (Å²) in [6.07, 6.45) is 0. The molecule has 0 spiro atoms. The normalized spacial score (nSPS) is 11.6. The number of primary amides is 2. The Kier molecular flexibility index (Phi) is 5.79. The highest BCUT2D eigenvalue weighted by atomic mass is 32.2. The molecule has 1 heterocycles. The first kappa shape index (κ1) is 22.9. The topological polar surface area (TPSA) is 153 Å². The van der Waals surface area contributed by atoms with Crippen LogP contribution >= 0.6 is 11.8 Å². The Balaban J connectivity index is 1.49. The van der Waals surface area contributed by atoms with Crippen molar-refractivity contribution in [3.63, 3.8) is 0 Å². The number of non-ortho nitro benzene ring substituents is 1. The van der Waals surface area contributed by atoms with E-state index in [4.69, 9.17) is 11.5 Å². The summed E-state index contributed by atoms with van der Waals surface area (Å²) in [6, 6.07) is 22.2.